The molecule has 0 saturated carbocycles. The van der Waals surface area contributed by atoms with Crippen LogP contribution < -0.4 is 91.9 Å². The number of hydrogen-bond acceptors (Lipinski definition) is 38. The predicted octanol–water partition coefficient (Wildman–Crippen LogP) is -6.78. The zero-order chi connectivity index (χ0) is 90.1. The summed E-state index contributed by atoms with van der Waals surface area (Å²) in [5.41, 5.74) is 0.962. The van der Waals surface area contributed by atoms with Crippen LogP contribution in [0.3, 0.4) is 0 Å². The van der Waals surface area contributed by atoms with Crippen molar-refractivity contribution < 1.29 is 413 Å². The second kappa shape index (κ2) is 94.3. The third-order valence-electron chi connectivity index (χ3n) is 10.6. The number of aliphatic hydroxyl groups excluding tert-OH is 4. The zero-order valence-electron chi connectivity index (χ0n) is 66.5. The fourth-order valence-electron chi connectivity index (χ4n) is 6.42. The van der Waals surface area contributed by atoms with Crippen LogP contribution in [0.5, 0.6) is 46.0 Å². The maximum Gasteiger partial charge on any atom is 3.00 e. The Balaban J connectivity index is -0.000000114. The van der Waals surface area contributed by atoms with Gasteiger partial charge in [0, 0.05) is 76.8 Å². The summed E-state index contributed by atoms with van der Waals surface area (Å²) in [5, 5.41) is 248. The van der Waals surface area contributed by atoms with Crippen LogP contribution in [0.4, 0.5) is 0 Å². The van der Waals surface area contributed by atoms with Crippen molar-refractivity contribution in [2.75, 3.05) is 42.7 Å². The monoisotopic (exact) mass is 2650 g/mol. The number of pyridine rings is 4. The van der Waals surface area contributed by atoms with E-state index in [2.05, 4.69) is 60.7 Å². The van der Waals surface area contributed by atoms with Gasteiger partial charge in [-0.2, -0.15) is 55.0 Å². The van der Waals surface area contributed by atoms with Crippen molar-refractivity contribution in [1.29, 1.82) is 0 Å². The smallest absolute Gasteiger partial charge is 0.876 e. The number of carbonyl (C=O) groups excluding carboxylic acids is 4. The summed E-state index contributed by atoms with van der Waals surface area (Å²) < 4.78 is 0. The molecule has 8 aromatic rings. The number of aromatic nitrogens is 4. The summed E-state index contributed by atoms with van der Waals surface area (Å²) in [6.45, 7) is 10.8. The Morgan fingerprint density at radius 2 is 0.418 bits per heavy atom. The van der Waals surface area contributed by atoms with Crippen molar-refractivity contribution in [3.05, 3.63) is 263 Å². The zero-order valence-corrected chi connectivity index (χ0v) is 76.8. The Morgan fingerprint density at radius 1 is 0.262 bits per heavy atom. The first-order valence-electron chi connectivity index (χ1n) is 31.9. The summed E-state index contributed by atoms with van der Waals surface area (Å²) in [7, 11) is 5.50. The minimum atomic E-state index is -0.674. The van der Waals surface area contributed by atoms with Crippen LogP contribution in [0.1, 0.15) is 100 Å². The molecule has 122 heavy (non-hydrogen) atoms. The van der Waals surface area contributed by atoms with E-state index >= 15 is 0 Å². The molecule has 0 atom stereocenters. The van der Waals surface area contributed by atoms with Gasteiger partial charge in [-0.25, -0.2) is 0 Å². The molecule has 0 saturated heterocycles. The third kappa shape index (κ3) is 76.6. The van der Waals surface area contributed by atoms with E-state index < -0.39 is 69.6 Å². The first-order valence-corrected chi connectivity index (χ1v) is 31.9. The summed E-state index contributed by atoms with van der Waals surface area (Å²) in [5.74, 6) is -9.19. The number of aliphatic hydroxyl groups is 4. The van der Waals surface area contributed by atoms with Gasteiger partial charge in [0.05, 0.1) is 47.6 Å². The maximum absolute atomic E-state index is 11.5. The SMILES string of the molecule is CC(=O)/C=C(/C)[O-].CC(=O)/C=C(/C)[O-].CC(=O)/C=C(/C)[O-].CC(=O)/C=C(/C)[O-].CO.CO.CO.CO.C[O-].C[O-].[O-]/C(=N\N=C\c1cccc([O-])c1[O-])c1ccccn1.[O-]/C(=N\N=C\c1cccc([O-])c1[O-])c1ccccn1.[O-]/C(=N\N=C\c1cccc([O-])c1[O-])c1ccccn1.[O-]/C(=N\N=C\c1cccc([O-])c1[O-])c1ccccn1.[Yb+3].[Yb+3].[Yb+3].[Yb+3].[Yb+3].[Yb+3]. The van der Waals surface area contributed by atoms with Crippen LogP contribution in [0.15, 0.2) is 259 Å². The first-order chi connectivity index (χ1) is 55.2. The van der Waals surface area contributed by atoms with E-state index in [1.807, 2.05) is 0 Å². The Morgan fingerprint density at radius 3 is 0.533 bits per heavy atom. The van der Waals surface area contributed by atoms with E-state index in [1.165, 1.54) is 153 Å². The van der Waals surface area contributed by atoms with Crippen molar-refractivity contribution in [3.8, 4) is 46.0 Å². The molecule has 0 unspecified atom stereocenters. The van der Waals surface area contributed by atoms with E-state index in [1.54, 1.807) is 48.5 Å². The molecule has 38 nitrogen and oxygen atoms in total. The van der Waals surface area contributed by atoms with Crippen LogP contribution in [0.2, 0.25) is 0 Å². The first kappa shape index (κ1) is 142. The number of rotatable bonds is 16. The van der Waals surface area contributed by atoms with Gasteiger partial charge in [0.25, 0.3) is 0 Å². The summed E-state index contributed by atoms with van der Waals surface area (Å²) in [6.07, 6.45) is 14.4. The Labute approximate surface area is 936 Å². The molecule has 6 radical (unpaired) electrons. The molecule has 4 N–H and O–H groups in total. The predicted molar refractivity (Wildman–Crippen MR) is 397 cm³/mol. The molecule has 0 aliphatic rings. The minimum absolute atomic E-state index is 0. The quantitative estimate of drug-likeness (QED) is 0.0230. The fraction of sp³-hybridized carbons (Fsp3) is 0.179. The number of hydrogen-bond donors (Lipinski definition) is 4. The van der Waals surface area contributed by atoms with Crippen molar-refractivity contribution in [3.63, 3.8) is 0 Å². The van der Waals surface area contributed by atoms with E-state index in [-0.39, 0.29) is 373 Å². The second-order valence-electron chi connectivity index (χ2n) is 19.6. The molecule has 44 heteroatoms. The summed E-state index contributed by atoms with van der Waals surface area (Å²) >= 11 is 0. The van der Waals surface area contributed by atoms with Gasteiger partial charge in [0.1, 0.15) is 0 Å². The molecule has 0 spiro atoms. The molecule has 0 bridgehead atoms. The molecule has 4 aromatic carbocycles. The molecule has 4 aromatic heterocycles. The van der Waals surface area contributed by atoms with Gasteiger partial charge < -0.3 is 112 Å². The van der Waals surface area contributed by atoms with Gasteiger partial charge in [-0.05, 0) is 123 Å². The van der Waals surface area contributed by atoms with Crippen LogP contribution in [0.25, 0.3) is 0 Å². The van der Waals surface area contributed by atoms with Gasteiger partial charge in [-0.15, -0.1) is 69.0 Å². The van der Waals surface area contributed by atoms with Gasteiger partial charge in [0.2, 0.25) is 0 Å². The average molecular weight is 2640 g/mol. The topological polar surface area (TPSA) is 715 Å². The maximum atomic E-state index is 11.5. The van der Waals surface area contributed by atoms with E-state index in [0.29, 0.717) is 0 Å². The summed E-state index contributed by atoms with van der Waals surface area (Å²) in [4.78, 5) is 55.1. The van der Waals surface area contributed by atoms with E-state index in [9.17, 15) is 101 Å². The van der Waals surface area contributed by atoms with Crippen LogP contribution in [-0.4, -0.2) is 155 Å². The van der Waals surface area contributed by atoms with Crippen LogP contribution in [0, 0.1) is 282 Å². The van der Waals surface area contributed by atoms with Gasteiger partial charge >= 0.3 is 282 Å². The number of nitrogens with zero attached hydrogens (tertiary/aromatic N) is 12. The molecule has 0 amide bonds. The second-order valence-corrected chi connectivity index (χ2v) is 19.6. The van der Waals surface area contributed by atoms with Crippen LogP contribution in [-0.2, 0) is 19.2 Å². The van der Waals surface area contributed by atoms with Gasteiger partial charge in [0.15, 0.2) is 23.1 Å². The molecule has 8 rings (SSSR count). The Hall–Kier alpha value is -5.84. The molecule has 694 valence electrons. The molecular formula is C78H82N12O26Yb6. The standard InChI is InChI=1S/4C13H11N3O3.4C5H8O2.4CH4O.2CH3O.6Yb/c4*17-11-6-3-4-9(12(11)18)8-15-16-13(19)10-5-1-2-7-14-10;4*1-4(6)3-5(2)7;6*1-2;;;;;;/h4*1-8,17-18H,(H,16,19);4*3,6H,1-2H3;4*2H,1H3;2*1H3;;;;;;/q;;;;;;;;;;;;2*-1;6*+3/p-16/b4*15-8+;4*4-3-;;;;;;;;;;;;. The van der Waals surface area contributed by atoms with Crippen molar-refractivity contribution in [2.24, 2.45) is 40.8 Å². The Kier molecular flexibility index (Phi) is 110. The van der Waals surface area contributed by atoms with Crippen molar-refractivity contribution in [2.45, 2.75) is 55.4 Å². The number of allylic oxidation sites excluding steroid dienone is 8. The summed E-state index contributed by atoms with van der Waals surface area (Å²) in [6, 6.07) is 35.4. The Bertz CT molecular complexity index is 3920. The van der Waals surface area contributed by atoms with E-state index in [0.717, 1.165) is 116 Å². The largest absolute Gasteiger partial charge is 3.00 e. The van der Waals surface area contributed by atoms with Crippen molar-refractivity contribution >= 4 is 71.6 Å². The molecule has 0 fully saturated rings. The average Bonchev–Trinajstić information content (AvgIpc) is 0.882. The fourth-order valence-corrected chi connectivity index (χ4v) is 6.42. The molecule has 4 heterocycles. The number of para-hydroxylation sites is 4. The molecular weight excluding hydrogens is 2560 g/mol. The minimum Gasteiger partial charge on any atom is -0.876 e. The number of carbonyl (C=O) groups is 4. The number of benzene rings is 4. The van der Waals surface area contributed by atoms with Crippen molar-refractivity contribution in [1.82, 2.24) is 19.9 Å². The number of ketones is 4. The molecule has 0 aliphatic carbocycles. The van der Waals surface area contributed by atoms with Crippen LogP contribution >= 0.6 is 0 Å². The van der Waals surface area contributed by atoms with E-state index in [4.69, 9.17) is 30.6 Å². The van der Waals surface area contributed by atoms with Gasteiger partial charge in [-0.3, -0.25) is 39.1 Å². The van der Waals surface area contributed by atoms with Gasteiger partial charge in [-0.1, -0.05) is 125 Å². The molecule has 0 aliphatic heterocycles. The third-order valence-corrected chi connectivity index (χ3v) is 10.6. The normalized spacial score (nSPS) is 10.3.